The molecule has 118 valence electrons. The van der Waals surface area contributed by atoms with Crippen LogP contribution in [0, 0.1) is 0 Å². The van der Waals surface area contributed by atoms with Gasteiger partial charge < -0.3 is 10.6 Å². The second kappa shape index (κ2) is 5.19. The molecular weight excluding hydrogens is 286 g/mol. The highest BCUT2D eigenvalue weighted by Crippen LogP contribution is 2.38. The third kappa shape index (κ3) is 2.11. The number of anilines is 4. The van der Waals surface area contributed by atoms with Gasteiger partial charge in [-0.25, -0.2) is 14.4 Å². The summed E-state index contributed by atoms with van der Waals surface area (Å²) in [7, 11) is 2.12. The van der Waals surface area contributed by atoms with Gasteiger partial charge in [0.05, 0.1) is 18.9 Å². The summed E-state index contributed by atoms with van der Waals surface area (Å²) in [6, 6.07) is 14.9. The largest absolute Gasteiger partial charge is 0.357 e. The van der Waals surface area contributed by atoms with E-state index >= 15 is 0 Å². The Morgan fingerprint density at radius 3 is 2.52 bits per heavy atom. The fourth-order valence-corrected chi connectivity index (χ4v) is 3.43. The lowest BCUT2D eigenvalue weighted by Gasteiger charge is -2.24. The predicted molar refractivity (Wildman–Crippen MR) is 93.5 cm³/mol. The number of hydrogen-bond donors (Lipinski definition) is 2. The molecule has 4 rings (SSSR count). The zero-order chi connectivity index (χ0) is 16.0. The van der Waals surface area contributed by atoms with Crippen LogP contribution in [-0.2, 0) is 7.05 Å². The number of benzene rings is 1. The number of nitrogens with zero attached hydrogens (tertiary/aromatic N) is 3. The predicted octanol–water partition coefficient (Wildman–Crippen LogP) is 2.65. The first-order valence-electron chi connectivity index (χ1n) is 8.02. The Balaban J connectivity index is 1.80. The highest BCUT2D eigenvalue weighted by atomic mass is 15.4. The molecule has 3 heterocycles. The monoisotopic (exact) mass is 308 g/mol. The van der Waals surface area contributed by atoms with E-state index in [0.29, 0.717) is 0 Å². The first-order valence-corrected chi connectivity index (χ1v) is 8.02. The van der Waals surface area contributed by atoms with E-state index in [-0.39, 0.29) is 12.3 Å². The van der Waals surface area contributed by atoms with Gasteiger partial charge in [0.2, 0.25) is 11.6 Å². The summed E-state index contributed by atoms with van der Waals surface area (Å²) in [4.78, 5) is 4.58. The Kier molecular flexibility index (Phi) is 3.15. The molecule has 5 nitrogen and oxygen atoms in total. The molecule has 1 aromatic heterocycles. The summed E-state index contributed by atoms with van der Waals surface area (Å²) in [6.07, 6.45) is 4.56. The molecule has 2 aliphatic heterocycles. The third-order valence-corrected chi connectivity index (χ3v) is 4.59. The summed E-state index contributed by atoms with van der Waals surface area (Å²) in [6.45, 7) is 4.34. The highest BCUT2D eigenvalue weighted by molar-refractivity contribution is 5.80. The van der Waals surface area contributed by atoms with Crippen molar-refractivity contribution >= 4 is 23.0 Å². The highest BCUT2D eigenvalue weighted by Gasteiger charge is 2.34. The molecule has 0 radical (unpaired) electrons. The van der Waals surface area contributed by atoms with E-state index in [0.717, 1.165) is 5.82 Å². The van der Waals surface area contributed by atoms with Gasteiger partial charge in [-0.05, 0) is 32.0 Å². The Bertz CT molecular complexity index is 770. The van der Waals surface area contributed by atoms with Crippen LogP contribution in [0.15, 0.2) is 54.9 Å². The summed E-state index contributed by atoms with van der Waals surface area (Å²) in [5.74, 6) is 2.33. The molecule has 0 unspecified atom stereocenters. The van der Waals surface area contributed by atoms with Crippen LogP contribution >= 0.6 is 0 Å². The van der Waals surface area contributed by atoms with Crippen molar-refractivity contribution in [2.75, 3.05) is 15.1 Å². The molecule has 1 aromatic carbocycles. The Morgan fingerprint density at radius 1 is 0.957 bits per heavy atom. The molecule has 23 heavy (non-hydrogen) atoms. The van der Waals surface area contributed by atoms with Gasteiger partial charge in [0.1, 0.15) is 18.0 Å². The van der Waals surface area contributed by atoms with Crippen LogP contribution < -0.4 is 25.0 Å². The third-order valence-electron chi connectivity index (χ3n) is 4.59. The lowest BCUT2D eigenvalue weighted by atomic mass is 10.2. The van der Waals surface area contributed by atoms with Crippen molar-refractivity contribution < 1.29 is 4.57 Å². The first kappa shape index (κ1) is 13.9. The average molecular weight is 308 g/mol. The van der Waals surface area contributed by atoms with E-state index < -0.39 is 0 Å². The number of para-hydroxylation sites is 2. The molecule has 2 aromatic rings. The molecule has 0 saturated heterocycles. The quantitative estimate of drug-likeness (QED) is 0.836. The molecule has 0 fully saturated rings. The molecule has 0 saturated carbocycles. The van der Waals surface area contributed by atoms with Crippen LogP contribution in [0.2, 0.25) is 0 Å². The maximum absolute atomic E-state index is 3.54. The Morgan fingerprint density at radius 2 is 1.74 bits per heavy atom. The van der Waals surface area contributed by atoms with Crippen molar-refractivity contribution in [2.24, 2.45) is 7.05 Å². The number of hydrogen-bond acceptors (Lipinski definition) is 4. The van der Waals surface area contributed by atoms with Crippen molar-refractivity contribution in [1.29, 1.82) is 0 Å². The molecule has 0 amide bonds. The van der Waals surface area contributed by atoms with E-state index in [9.17, 15) is 0 Å². The van der Waals surface area contributed by atoms with Crippen molar-refractivity contribution in [2.45, 2.75) is 26.2 Å². The second-order valence-corrected chi connectivity index (χ2v) is 6.07. The van der Waals surface area contributed by atoms with Crippen molar-refractivity contribution in [3.8, 4) is 0 Å². The minimum Gasteiger partial charge on any atom is -0.357 e. The van der Waals surface area contributed by atoms with Gasteiger partial charge in [0.25, 0.3) is 0 Å². The number of pyridine rings is 1. The topological polar surface area (TPSA) is 34.4 Å². The van der Waals surface area contributed by atoms with Crippen LogP contribution in [0.5, 0.6) is 0 Å². The van der Waals surface area contributed by atoms with Crippen LogP contribution in [0.3, 0.4) is 0 Å². The normalized spacial score (nSPS) is 22.0. The molecule has 2 aliphatic rings. The van der Waals surface area contributed by atoms with Gasteiger partial charge in [-0.3, -0.25) is 0 Å². The van der Waals surface area contributed by atoms with Crippen LogP contribution in [-0.4, -0.2) is 12.3 Å². The average Bonchev–Trinajstić information content (AvgIpc) is 3.10. The summed E-state index contributed by atoms with van der Waals surface area (Å²) >= 11 is 0. The zero-order valence-electron chi connectivity index (χ0n) is 13.7. The Hall–Kier alpha value is -2.69. The smallest absolute Gasteiger partial charge is 0.230 e. The molecule has 0 spiro atoms. The van der Waals surface area contributed by atoms with Crippen LogP contribution in [0.25, 0.3) is 0 Å². The fraction of sp³-hybridized carbons (Fsp3) is 0.278. The number of aromatic nitrogens is 1. The van der Waals surface area contributed by atoms with Crippen LogP contribution in [0.1, 0.15) is 13.8 Å². The van der Waals surface area contributed by atoms with E-state index in [4.69, 9.17) is 0 Å². The standard InChI is InChI=1S/C18H22N5/c1-13-19-11-12-22(13)17-9-6-10-18(21(17)3)23-14(2)20-15-7-4-5-8-16(15)23/h4-14,19-20H,1-3H3/q+1/t13-,14+/m0/s1. The maximum Gasteiger partial charge on any atom is 0.230 e. The number of fused-ring (bicyclic) bond motifs is 1. The van der Waals surface area contributed by atoms with E-state index in [1.54, 1.807) is 0 Å². The minimum absolute atomic E-state index is 0.221. The molecule has 0 aliphatic carbocycles. The summed E-state index contributed by atoms with van der Waals surface area (Å²) < 4.78 is 2.24. The SMILES string of the molecule is C[C@@H]1Nc2ccccc2N1c1cccc(N2C=CN[C@@H]2C)[n+]1C. The number of nitrogens with one attached hydrogen (secondary N) is 2. The van der Waals surface area contributed by atoms with Gasteiger partial charge in [-0.15, -0.1) is 0 Å². The first-order chi connectivity index (χ1) is 11.2. The maximum atomic E-state index is 3.54. The van der Waals surface area contributed by atoms with Crippen LogP contribution in [0.4, 0.5) is 23.0 Å². The van der Waals surface area contributed by atoms with Gasteiger partial charge >= 0.3 is 0 Å². The van der Waals surface area contributed by atoms with E-state index in [1.807, 2.05) is 6.20 Å². The second-order valence-electron chi connectivity index (χ2n) is 6.07. The van der Waals surface area contributed by atoms with Crippen molar-refractivity contribution in [3.63, 3.8) is 0 Å². The van der Waals surface area contributed by atoms with Gasteiger partial charge in [-0.2, -0.15) is 0 Å². The molecule has 0 bridgehead atoms. The summed E-state index contributed by atoms with van der Waals surface area (Å²) in [5.41, 5.74) is 2.40. The van der Waals surface area contributed by atoms with E-state index in [2.05, 4.69) is 94.6 Å². The minimum atomic E-state index is 0.221. The van der Waals surface area contributed by atoms with Crippen molar-refractivity contribution in [1.82, 2.24) is 5.32 Å². The fourth-order valence-electron chi connectivity index (χ4n) is 3.43. The summed E-state index contributed by atoms with van der Waals surface area (Å²) in [5, 5.41) is 6.86. The molecular formula is C18H22N5+. The Labute approximate surface area is 136 Å². The lowest BCUT2D eigenvalue weighted by molar-refractivity contribution is -0.645. The lowest BCUT2D eigenvalue weighted by Crippen LogP contribution is -2.46. The molecule has 2 atom stereocenters. The molecule has 5 heteroatoms. The van der Waals surface area contributed by atoms with Gasteiger partial charge in [0, 0.05) is 18.3 Å². The van der Waals surface area contributed by atoms with Gasteiger partial charge in [-0.1, -0.05) is 12.1 Å². The van der Waals surface area contributed by atoms with E-state index in [1.165, 1.54) is 17.2 Å². The van der Waals surface area contributed by atoms with Crippen molar-refractivity contribution in [3.05, 3.63) is 54.9 Å². The molecule has 2 N–H and O–H groups in total. The number of rotatable bonds is 2. The zero-order valence-corrected chi connectivity index (χ0v) is 13.7. The van der Waals surface area contributed by atoms with Gasteiger partial charge in [0.15, 0.2) is 0 Å².